The van der Waals surface area contributed by atoms with E-state index in [2.05, 4.69) is 22.4 Å². The van der Waals surface area contributed by atoms with Crippen LogP contribution in [0.4, 0.5) is 0 Å². The summed E-state index contributed by atoms with van der Waals surface area (Å²) < 4.78 is 1.86. The number of para-hydroxylation sites is 1. The first-order valence-corrected chi connectivity index (χ1v) is 6.39. The van der Waals surface area contributed by atoms with Crippen LogP contribution in [0, 0.1) is 0 Å². The third-order valence-electron chi connectivity index (χ3n) is 3.06. The standard InChI is InChI=1S/C15H16N4/c1-11(16)9-12-5-4-6-13(10-12)19-15-8-3-2-7-14(15)17-18-19/h2-8,10-11H,9,16H2,1H3. The van der Waals surface area contributed by atoms with Gasteiger partial charge < -0.3 is 5.73 Å². The Hall–Kier alpha value is -2.20. The second kappa shape index (κ2) is 4.82. The Morgan fingerprint density at radius 2 is 2.00 bits per heavy atom. The molecule has 1 atom stereocenters. The summed E-state index contributed by atoms with van der Waals surface area (Å²) in [6.07, 6.45) is 0.862. The Bertz CT molecular complexity index is 700. The molecule has 2 aromatic carbocycles. The van der Waals surface area contributed by atoms with Gasteiger partial charge in [-0.05, 0) is 43.2 Å². The van der Waals surface area contributed by atoms with Gasteiger partial charge in [-0.3, -0.25) is 0 Å². The maximum absolute atomic E-state index is 5.85. The molecule has 0 spiro atoms. The Labute approximate surface area is 111 Å². The number of rotatable bonds is 3. The highest BCUT2D eigenvalue weighted by Gasteiger charge is 2.06. The molecule has 3 aromatic rings. The molecule has 0 saturated heterocycles. The lowest BCUT2D eigenvalue weighted by atomic mass is 10.1. The van der Waals surface area contributed by atoms with Crippen LogP contribution >= 0.6 is 0 Å². The van der Waals surface area contributed by atoms with E-state index in [0.29, 0.717) is 0 Å². The highest BCUT2D eigenvalue weighted by molar-refractivity contribution is 5.75. The average molecular weight is 252 g/mol. The van der Waals surface area contributed by atoms with Crippen LogP contribution in [0.1, 0.15) is 12.5 Å². The molecule has 1 aromatic heterocycles. The molecule has 0 fully saturated rings. The predicted molar refractivity (Wildman–Crippen MR) is 76.2 cm³/mol. The summed E-state index contributed by atoms with van der Waals surface area (Å²) in [4.78, 5) is 0. The molecule has 2 N–H and O–H groups in total. The summed E-state index contributed by atoms with van der Waals surface area (Å²) in [5, 5.41) is 8.40. The average Bonchev–Trinajstić information content (AvgIpc) is 2.82. The van der Waals surface area contributed by atoms with Gasteiger partial charge in [-0.2, -0.15) is 0 Å². The first-order valence-electron chi connectivity index (χ1n) is 6.39. The van der Waals surface area contributed by atoms with Crippen LogP contribution in [-0.2, 0) is 6.42 Å². The molecule has 0 saturated carbocycles. The molecule has 1 heterocycles. The van der Waals surface area contributed by atoms with Gasteiger partial charge in [0.05, 0.1) is 11.2 Å². The van der Waals surface area contributed by atoms with Crippen LogP contribution in [0.2, 0.25) is 0 Å². The van der Waals surface area contributed by atoms with E-state index in [1.54, 1.807) is 0 Å². The molecule has 4 heteroatoms. The molecule has 0 aliphatic heterocycles. The van der Waals surface area contributed by atoms with Gasteiger partial charge in [-0.25, -0.2) is 4.68 Å². The van der Waals surface area contributed by atoms with Crippen molar-refractivity contribution in [1.29, 1.82) is 0 Å². The number of benzene rings is 2. The van der Waals surface area contributed by atoms with E-state index in [-0.39, 0.29) is 6.04 Å². The lowest BCUT2D eigenvalue weighted by molar-refractivity contribution is 0.736. The molecule has 0 aliphatic carbocycles. The van der Waals surface area contributed by atoms with Gasteiger partial charge >= 0.3 is 0 Å². The lowest BCUT2D eigenvalue weighted by Gasteiger charge is -2.08. The first kappa shape index (κ1) is 11.9. The van der Waals surface area contributed by atoms with E-state index < -0.39 is 0 Å². The summed E-state index contributed by atoms with van der Waals surface area (Å²) in [7, 11) is 0. The van der Waals surface area contributed by atoms with E-state index in [0.717, 1.165) is 23.1 Å². The van der Waals surface area contributed by atoms with Crippen molar-refractivity contribution in [1.82, 2.24) is 15.0 Å². The molecule has 4 nitrogen and oxygen atoms in total. The largest absolute Gasteiger partial charge is 0.328 e. The number of aromatic nitrogens is 3. The SMILES string of the molecule is CC(N)Cc1cccc(-n2nnc3ccccc32)c1. The first-order chi connectivity index (χ1) is 9.24. The molecule has 96 valence electrons. The second-order valence-electron chi connectivity index (χ2n) is 4.84. The van der Waals surface area contributed by atoms with Gasteiger partial charge in [-0.15, -0.1) is 5.10 Å². The van der Waals surface area contributed by atoms with Crippen LogP contribution in [0.3, 0.4) is 0 Å². The maximum Gasteiger partial charge on any atom is 0.113 e. The number of nitrogens with two attached hydrogens (primary N) is 1. The second-order valence-corrected chi connectivity index (χ2v) is 4.84. The van der Waals surface area contributed by atoms with Gasteiger partial charge in [-0.1, -0.05) is 29.5 Å². The zero-order valence-electron chi connectivity index (χ0n) is 10.8. The summed E-state index contributed by atoms with van der Waals surface area (Å²) in [6.45, 7) is 2.01. The van der Waals surface area contributed by atoms with Crippen LogP contribution < -0.4 is 5.73 Å². The fourth-order valence-corrected chi connectivity index (χ4v) is 2.25. The lowest BCUT2D eigenvalue weighted by Crippen LogP contribution is -2.17. The summed E-state index contributed by atoms with van der Waals surface area (Å²) >= 11 is 0. The maximum atomic E-state index is 5.85. The van der Waals surface area contributed by atoms with Gasteiger partial charge in [0.25, 0.3) is 0 Å². The third-order valence-corrected chi connectivity index (χ3v) is 3.06. The molecule has 19 heavy (non-hydrogen) atoms. The van der Waals surface area contributed by atoms with Crippen molar-refractivity contribution in [3.63, 3.8) is 0 Å². The van der Waals surface area contributed by atoms with Crippen molar-refractivity contribution in [3.8, 4) is 5.69 Å². The molecule has 0 bridgehead atoms. The zero-order valence-corrected chi connectivity index (χ0v) is 10.8. The van der Waals surface area contributed by atoms with Crippen LogP contribution in [0.25, 0.3) is 16.7 Å². The molecule has 3 rings (SSSR count). The van der Waals surface area contributed by atoms with Crippen LogP contribution in [0.15, 0.2) is 48.5 Å². The van der Waals surface area contributed by atoms with Crippen molar-refractivity contribution in [2.75, 3.05) is 0 Å². The summed E-state index contributed by atoms with van der Waals surface area (Å²) in [5.41, 5.74) is 10.0. The molecular weight excluding hydrogens is 236 g/mol. The minimum absolute atomic E-state index is 0.155. The van der Waals surface area contributed by atoms with Crippen molar-refractivity contribution < 1.29 is 0 Å². The van der Waals surface area contributed by atoms with E-state index in [4.69, 9.17) is 5.73 Å². The Balaban J connectivity index is 2.06. The van der Waals surface area contributed by atoms with E-state index in [1.807, 2.05) is 48.0 Å². The Kier molecular flexibility index (Phi) is 3.01. The fourth-order valence-electron chi connectivity index (χ4n) is 2.25. The van der Waals surface area contributed by atoms with E-state index in [1.165, 1.54) is 5.56 Å². The Morgan fingerprint density at radius 3 is 2.84 bits per heavy atom. The molecule has 0 aliphatic rings. The monoisotopic (exact) mass is 252 g/mol. The number of hydrogen-bond donors (Lipinski definition) is 1. The fraction of sp³-hybridized carbons (Fsp3) is 0.200. The molecule has 1 unspecified atom stereocenters. The number of fused-ring (bicyclic) bond motifs is 1. The van der Waals surface area contributed by atoms with Crippen molar-refractivity contribution >= 4 is 11.0 Å². The topological polar surface area (TPSA) is 56.7 Å². The van der Waals surface area contributed by atoms with Crippen molar-refractivity contribution in [2.45, 2.75) is 19.4 Å². The normalized spacial score (nSPS) is 12.7. The molecule has 0 amide bonds. The Morgan fingerprint density at radius 1 is 1.16 bits per heavy atom. The van der Waals surface area contributed by atoms with Crippen molar-refractivity contribution in [3.05, 3.63) is 54.1 Å². The highest BCUT2D eigenvalue weighted by Crippen LogP contribution is 2.17. The molecular formula is C15H16N4. The number of nitrogens with zero attached hydrogens (tertiary/aromatic N) is 3. The van der Waals surface area contributed by atoms with Crippen molar-refractivity contribution in [2.24, 2.45) is 5.73 Å². The molecule has 0 radical (unpaired) electrons. The predicted octanol–water partition coefficient (Wildman–Crippen LogP) is 2.31. The smallest absolute Gasteiger partial charge is 0.113 e. The van der Waals surface area contributed by atoms with Gasteiger partial charge in [0, 0.05) is 6.04 Å². The highest BCUT2D eigenvalue weighted by atomic mass is 15.4. The quantitative estimate of drug-likeness (QED) is 0.778. The summed E-state index contributed by atoms with van der Waals surface area (Å²) in [5.74, 6) is 0. The summed E-state index contributed by atoms with van der Waals surface area (Å²) in [6, 6.07) is 16.4. The zero-order chi connectivity index (χ0) is 13.2. The van der Waals surface area contributed by atoms with Crippen LogP contribution in [0.5, 0.6) is 0 Å². The minimum Gasteiger partial charge on any atom is -0.328 e. The van der Waals surface area contributed by atoms with E-state index >= 15 is 0 Å². The number of hydrogen-bond acceptors (Lipinski definition) is 3. The van der Waals surface area contributed by atoms with Gasteiger partial charge in [0.1, 0.15) is 5.52 Å². The van der Waals surface area contributed by atoms with Gasteiger partial charge in [0.2, 0.25) is 0 Å². The van der Waals surface area contributed by atoms with Crippen LogP contribution in [-0.4, -0.2) is 21.0 Å². The minimum atomic E-state index is 0.155. The third kappa shape index (κ3) is 2.35. The van der Waals surface area contributed by atoms with E-state index in [9.17, 15) is 0 Å². The van der Waals surface area contributed by atoms with Gasteiger partial charge in [0.15, 0.2) is 0 Å².